The van der Waals surface area contributed by atoms with Crippen LogP contribution in [0.5, 0.6) is 5.75 Å². The van der Waals surface area contributed by atoms with Crippen LogP contribution in [0.15, 0.2) is 30.7 Å². The third kappa shape index (κ3) is 4.38. The van der Waals surface area contributed by atoms with Crippen LogP contribution in [-0.2, 0) is 0 Å². The van der Waals surface area contributed by atoms with Gasteiger partial charge in [0.2, 0.25) is 5.95 Å². The van der Waals surface area contributed by atoms with Crippen LogP contribution in [0.2, 0.25) is 5.02 Å². The number of hydrogen-bond donors (Lipinski definition) is 2. The molecule has 7 nitrogen and oxygen atoms in total. The van der Waals surface area contributed by atoms with Crippen LogP contribution in [0.1, 0.15) is 12.8 Å². The summed E-state index contributed by atoms with van der Waals surface area (Å²) in [4.78, 5) is 5.52. The quantitative estimate of drug-likeness (QED) is 0.664. The van der Waals surface area contributed by atoms with Gasteiger partial charge in [0.05, 0.1) is 18.3 Å². The van der Waals surface area contributed by atoms with E-state index < -0.39 is 12.7 Å². The molecule has 1 saturated heterocycles. The lowest BCUT2D eigenvalue weighted by molar-refractivity contribution is -0.147. The third-order valence-corrected chi connectivity index (χ3v) is 5.05. The molecule has 0 saturated carbocycles. The van der Waals surface area contributed by atoms with Crippen LogP contribution in [0.25, 0.3) is 16.8 Å². The van der Waals surface area contributed by atoms with Crippen molar-refractivity contribution in [3.05, 3.63) is 35.7 Å². The van der Waals surface area contributed by atoms with Crippen LogP contribution in [0, 0.1) is 0 Å². The van der Waals surface area contributed by atoms with Gasteiger partial charge in [-0.2, -0.15) is 13.2 Å². The second-order valence-electron chi connectivity index (χ2n) is 7.02. The number of hydrogen-bond acceptors (Lipinski definition) is 6. The summed E-state index contributed by atoms with van der Waals surface area (Å²) >= 11 is 5.89. The minimum Gasteiger partial charge on any atom is -0.507 e. The van der Waals surface area contributed by atoms with Crippen molar-refractivity contribution in [1.29, 1.82) is 0 Å². The molecular weight excluding hydrogens is 409 g/mol. The Morgan fingerprint density at radius 1 is 1.28 bits per heavy atom. The van der Waals surface area contributed by atoms with Gasteiger partial charge in [0.1, 0.15) is 17.8 Å². The van der Waals surface area contributed by atoms with E-state index in [1.807, 2.05) is 0 Å². The van der Waals surface area contributed by atoms with Crippen LogP contribution in [-0.4, -0.2) is 61.4 Å². The molecule has 1 fully saturated rings. The highest BCUT2D eigenvalue weighted by Gasteiger charge is 2.33. The second kappa shape index (κ2) is 7.68. The van der Waals surface area contributed by atoms with E-state index in [0.717, 1.165) is 6.42 Å². The van der Waals surface area contributed by atoms with Gasteiger partial charge in [-0.15, -0.1) is 10.2 Å². The van der Waals surface area contributed by atoms with E-state index in [1.165, 1.54) is 11.0 Å². The first-order valence-corrected chi connectivity index (χ1v) is 9.41. The lowest BCUT2D eigenvalue weighted by Gasteiger charge is -2.33. The Kier molecular flexibility index (Phi) is 5.22. The molecule has 1 aliphatic rings. The number of halogens is 4. The molecule has 1 aromatic carbocycles. The van der Waals surface area contributed by atoms with E-state index in [2.05, 4.69) is 20.5 Å². The fourth-order valence-electron chi connectivity index (χ4n) is 3.58. The van der Waals surface area contributed by atoms with Crippen molar-refractivity contribution in [2.45, 2.75) is 25.1 Å². The van der Waals surface area contributed by atoms with Crippen LogP contribution >= 0.6 is 11.6 Å². The molecule has 0 aliphatic carbocycles. The first-order valence-electron chi connectivity index (χ1n) is 9.03. The van der Waals surface area contributed by atoms with Gasteiger partial charge >= 0.3 is 6.18 Å². The number of phenols is 1. The fourth-order valence-corrected chi connectivity index (χ4v) is 3.75. The number of anilines is 1. The Hall–Kier alpha value is -2.59. The summed E-state index contributed by atoms with van der Waals surface area (Å²) in [6, 6.07) is 4.49. The molecule has 1 atom stereocenters. The Morgan fingerprint density at radius 3 is 2.86 bits per heavy atom. The first kappa shape index (κ1) is 19.7. The minimum atomic E-state index is -4.22. The zero-order valence-corrected chi connectivity index (χ0v) is 16.0. The van der Waals surface area contributed by atoms with Crippen molar-refractivity contribution in [1.82, 2.24) is 24.5 Å². The zero-order chi connectivity index (χ0) is 20.6. The summed E-state index contributed by atoms with van der Waals surface area (Å²) in [5.41, 5.74) is 1.47. The Labute approximate surface area is 169 Å². The molecule has 0 unspecified atom stereocenters. The van der Waals surface area contributed by atoms with E-state index in [0.29, 0.717) is 40.7 Å². The maximum atomic E-state index is 12.7. The summed E-state index contributed by atoms with van der Waals surface area (Å²) in [6.07, 6.45) is 0.289. The van der Waals surface area contributed by atoms with Gasteiger partial charge in [0.15, 0.2) is 0 Å². The van der Waals surface area contributed by atoms with E-state index in [-0.39, 0.29) is 18.3 Å². The lowest BCUT2D eigenvalue weighted by atomic mass is 10.1. The minimum absolute atomic E-state index is 0.0364. The topological polar surface area (TPSA) is 78.6 Å². The van der Waals surface area contributed by atoms with Crippen molar-refractivity contribution in [2.75, 3.05) is 25.0 Å². The summed E-state index contributed by atoms with van der Waals surface area (Å²) in [6.45, 7) is -0.248. The van der Waals surface area contributed by atoms with Gasteiger partial charge in [-0.05, 0) is 37.6 Å². The smallest absolute Gasteiger partial charge is 0.401 e. The number of fused-ring (bicyclic) bond motifs is 1. The van der Waals surface area contributed by atoms with Gasteiger partial charge in [-0.25, -0.2) is 4.98 Å². The number of rotatable bonds is 4. The predicted molar refractivity (Wildman–Crippen MR) is 102 cm³/mol. The lowest BCUT2D eigenvalue weighted by Crippen LogP contribution is -2.46. The molecule has 29 heavy (non-hydrogen) atoms. The normalized spacial score (nSPS) is 18.3. The van der Waals surface area contributed by atoms with E-state index in [9.17, 15) is 18.3 Å². The summed E-state index contributed by atoms with van der Waals surface area (Å²) in [5, 5.41) is 22.2. The van der Waals surface area contributed by atoms with Crippen molar-refractivity contribution in [3.8, 4) is 17.0 Å². The van der Waals surface area contributed by atoms with Gasteiger partial charge in [-0.1, -0.05) is 11.6 Å². The van der Waals surface area contributed by atoms with Crippen molar-refractivity contribution >= 4 is 23.1 Å². The molecule has 0 spiro atoms. The Morgan fingerprint density at radius 2 is 2.10 bits per heavy atom. The third-order valence-electron chi connectivity index (χ3n) is 4.81. The van der Waals surface area contributed by atoms with Gasteiger partial charge < -0.3 is 10.4 Å². The van der Waals surface area contributed by atoms with Crippen LogP contribution in [0.4, 0.5) is 19.1 Å². The molecule has 11 heteroatoms. The molecule has 1 aliphatic heterocycles. The highest BCUT2D eigenvalue weighted by molar-refractivity contribution is 6.30. The molecule has 0 radical (unpaired) electrons. The number of phenolic OH excluding ortho intramolecular Hbond substituents is 1. The average Bonchev–Trinajstić information content (AvgIpc) is 3.12. The fraction of sp³-hybridized carbons (Fsp3) is 0.389. The number of nitrogens with zero attached hydrogens (tertiary/aromatic N) is 5. The van der Waals surface area contributed by atoms with Crippen molar-refractivity contribution in [2.24, 2.45) is 0 Å². The molecule has 3 heterocycles. The van der Waals surface area contributed by atoms with Crippen LogP contribution in [0.3, 0.4) is 0 Å². The Bertz CT molecular complexity index is 1020. The van der Waals surface area contributed by atoms with Gasteiger partial charge in [-0.3, -0.25) is 9.30 Å². The maximum Gasteiger partial charge on any atom is 0.401 e. The van der Waals surface area contributed by atoms with Crippen molar-refractivity contribution in [3.63, 3.8) is 0 Å². The number of alkyl halides is 3. The number of piperidine rings is 1. The predicted octanol–water partition coefficient (Wildman–Crippen LogP) is 3.59. The molecule has 154 valence electrons. The first-order chi connectivity index (χ1) is 13.8. The molecule has 2 N–H and O–H groups in total. The van der Waals surface area contributed by atoms with E-state index in [4.69, 9.17) is 11.6 Å². The molecule has 0 amide bonds. The molecular formula is C18H18ClF3N6O. The molecule has 4 rings (SSSR count). The highest BCUT2D eigenvalue weighted by atomic mass is 35.5. The number of aromatic nitrogens is 4. The Balaban J connectivity index is 1.59. The zero-order valence-electron chi connectivity index (χ0n) is 15.2. The number of imidazole rings is 1. The number of likely N-dealkylation sites (tertiary alicyclic amines) is 1. The largest absolute Gasteiger partial charge is 0.507 e. The SMILES string of the molecule is Oc1cc(Cl)ccc1-c1nnc(N[C@@H]2CCCN(CC(F)(F)F)C2)n2cncc12. The monoisotopic (exact) mass is 426 g/mol. The number of aromatic hydroxyl groups is 1. The van der Waals surface area contributed by atoms with Crippen molar-refractivity contribution < 1.29 is 18.3 Å². The second-order valence-corrected chi connectivity index (χ2v) is 7.45. The van der Waals surface area contributed by atoms with E-state index >= 15 is 0 Å². The molecule has 0 bridgehead atoms. The maximum absolute atomic E-state index is 12.7. The number of benzene rings is 1. The standard InChI is InChI=1S/C18H18ClF3N6O/c19-11-3-4-13(15(29)6-11)16-14-7-23-10-28(14)17(26-25-16)24-12-2-1-5-27(8-12)9-18(20,21)22/h3-4,6-7,10,12,29H,1-2,5,8-9H2,(H,24,26)/t12-/m1/s1. The van der Waals surface area contributed by atoms with Gasteiger partial charge in [0, 0.05) is 23.2 Å². The average molecular weight is 427 g/mol. The van der Waals surface area contributed by atoms with Crippen LogP contribution < -0.4 is 5.32 Å². The number of nitrogens with one attached hydrogen (secondary N) is 1. The highest BCUT2D eigenvalue weighted by Crippen LogP contribution is 2.33. The summed E-state index contributed by atoms with van der Waals surface area (Å²) in [7, 11) is 0. The van der Waals surface area contributed by atoms with Gasteiger partial charge in [0.25, 0.3) is 0 Å². The summed E-state index contributed by atoms with van der Waals surface area (Å²) < 4.78 is 39.8. The molecule has 2 aromatic heterocycles. The summed E-state index contributed by atoms with van der Waals surface area (Å²) in [5.74, 6) is 0.347. The molecule has 3 aromatic rings. The van der Waals surface area contributed by atoms with E-state index in [1.54, 1.807) is 29.1 Å².